The molecule has 29 heavy (non-hydrogen) atoms. The summed E-state index contributed by atoms with van der Waals surface area (Å²) < 4.78 is 15.0. The molecular formula is C24H30ClO2SiW. The Kier molecular flexibility index (Phi) is 17.6. The van der Waals surface area contributed by atoms with Gasteiger partial charge in [0.25, 0.3) is 0 Å². The van der Waals surface area contributed by atoms with E-state index in [1.807, 2.05) is 36.4 Å². The van der Waals surface area contributed by atoms with Crippen molar-refractivity contribution < 1.29 is 30.4 Å². The molecule has 0 atom stereocenters. The standard InChI is InChI=1S/C12H10ClSi.C10H20.2CO.W/c13-14(11-7-3-1-4-8-11)12-9-5-2-6-10-12;1-6-7(2)9(4)10(5)8(6)3;2*1-2;/h1-10H;6-10H,1-5H3;;;. The van der Waals surface area contributed by atoms with Crippen LogP contribution in [-0.2, 0) is 30.4 Å². The van der Waals surface area contributed by atoms with Gasteiger partial charge < -0.3 is 0 Å². The molecule has 155 valence electrons. The van der Waals surface area contributed by atoms with Gasteiger partial charge in [0.2, 0.25) is 8.11 Å². The van der Waals surface area contributed by atoms with Crippen molar-refractivity contribution in [3.63, 3.8) is 0 Å². The van der Waals surface area contributed by atoms with E-state index in [9.17, 15) is 0 Å². The number of hydrogen-bond acceptors (Lipinski definition) is 0. The molecule has 0 amide bonds. The Morgan fingerprint density at radius 2 is 0.793 bits per heavy atom. The molecule has 1 fully saturated rings. The zero-order valence-electron chi connectivity index (χ0n) is 17.8. The Morgan fingerprint density at radius 3 is 1.00 bits per heavy atom. The number of halogens is 1. The quantitative estimate of drug-likeness (QED) is 0.199. The van der Waals surface area contributed by atoms with Gasteiger partial charge in [0.15, 0.2) is 0 Å². The van der Waals surface area contributed by atoms with Crippen LogP contribution in [0.2, 0.25) is 0 Å². The third-order valence-electron chi connectivity index (χ3n) is 6.20. The fourth-order valence-corrected chi connectivity index (χ4v) is 5.79. The average Bonchev–Trinajstić information content (AvgIpc) is 2.95. The largest absolute Gasteiger partial charge is 0 e. The summed E-state index contributed by atoms with van der Waals surface area (Å²) in [5.74, 6) is 4.68. The van der Waals surface area contributed by atoms with E-state index in [2.05, 4.69) is 72.2 Å². The minimum absolute atomic E-state index is 0. The molecule has 0 aliphatic heterocycles. The molecule has 0 bridgehead atoms. The third kappa shape index (κ3) is 9.20. The monoisotopic (exact) mass is 597 g/mol. The van der Waals surface area contributed by atoms with Crippen LogP contribution in [0.3, 0.4) is 0 Å². The van der Waals surface area contributed by atoms with E-state index < -0.39 is 8.11 Å². The van der Waals surface area contributed by atoms with Gasteiger partial charge >= 0.3 is 22.6 Å². The molecule has 2 aromatic rings. The summed E-state index contributed by atoms with van der Waals surface area (Å²) in [6.45, 7) is 21.0. The Labute approximate surface area is 197 Å². The molecule has 3 rings (SSSR count). The van der Waals surface area contributed by atoms with Crippen molar-refractivity contribution >= 4 is 29.6 Å². The molecule has 0 aromatic heterocycles. The van der Waals surface area contributed by atoms with Crippen LogP contribution >= 0.6 is 11.1 Å². The summed E-state index contributed by atoms with van der Waals surface area (Å²) >= 11 is 6.43. The van der Waals surface area contributed by atoms with E-state index in [1.165, 1.54) is 10.4 Å². The number of rotatable bonds is 2. The minimum Gasteiger partial charge on any atom is 0 e. The van der Waals surface area contributed by atoms with E-state index in [-0.39, 0.29) is 21.1 Å². The van der Waals surface area contributed by atoms with Gasteiger partial charge in [-0.05, 0) is 40.0 Å². The topological polar surface area (TPSA) is 39.8 Å². The van der Waals surface area contributed by atoms with Crippen LogP contribution in [-0.4, -0.2) is 8.11 Å². The number of hydrogen-bond donors (Lipinski definition) is 0. The van der Waals surface area contributed by atoms with E-state index >= 15 is 0 Å². The van der Waals surface area contributed by atoms with Crippen molar-refractivity contribution in [1.82, 2.24) is 0 Å². The van der Waals surface area contributed by atoms with E-state index in [4.69, 9.17) is 20.4 Å². The molecule has 1 aliphatic rings. The molecular weight excluding hydrogens is 568 g/mol. The van der Waals surface area contributed by atoms with Gasteiger partial charge in [-0.3, -0.25) is 0 Å². The van der Waals surface area contributed by atoms with Gasteiger partial charge in [-0.2, -0.15) is 11.1 Å². The molecule has 2 nitrogen and oxygen atoms in total. The summed E-state index contributed by atoms with van der Waals surface area (Å²) in [7, 11) is -1.07. The van der Waals surface area contributed by atoms with Crippen LogP contribution in [0.25, 0.3) is 0 Å². The van der Waals surface area contributed by atoms with Crippen LogP contribution in [0.5, 0.6) is 0 Å². The minimum atomic E-state index is -1.07. The molecule has 2 aromatic carbocycles. The molecule has 0 heterocycles. The Morgan fingerprint density at radius 1 is 0.586 bits per heavy atom. The van der Waals surface area contributed by atoms with Crippen molar-refractivity contribution in [1.29, 1.82) is 0 Å². The van der Waals surface area contributed by atoms with Crippen molar-refractivity contribution in [2.24, 2.45) is 29.6 Å². The molecule has 5 heteroatoms. The van der Waals surface area contributed by atoms with Crippen molar-refractivity contribution in [3.05, 3.63) is 74.0 Å². The van der Waals surface area contributed by atoms with Gasteiger partial charge in [-0.25, -0.2) is 0 Å². The first-order chi connectivity index (χ1) is 13.4. The van der Waals surface area contributed by atoms with Crippen LogP contribution < -0.4 is 10.4 Å². The first kappa shape index (κ1) is 30.3. The fraction of sp³-hybridized carbons (Fsp3) is 0.417. The molecule has 0 spiro atoms. The van der Waals surface area contributed by atoms with Gasteiger partial charge in [-0.15, -0.1) is 0 Å². The Bertz CT molecular complexity index is 603. The van der Waals surface area contributed by atoms with E-state index in [1.54, 1.807) is 0 Å². The summed E-state index contributed by atoms with van der Waals surface area (Å²) in [5.41, 5.74) is 0. The number of benzene rings is 2. The zero-order chi connectivity index (χ0) is 21.7. The van der Waals surface area contributed by atoms with Crippen LogP contribution in [0, 0.1) is 42.9 Å². The van der Waals surface area contributed by atoms with Gasteiger partial charge in [-0.1, -0.05) is 95.3 Å². The predicted molar refractivity (Wildman–Crippen MR) is 117 cm³/mol. The third-order valence-corrected chi connectivity index (χ3v) is 9.19. The second-order valence-electron chi connectivity index (χ2n) is 7.34. The van der Waals surface area contributed by atoms with E-state index in [0.717, 1.165) is 29.6 Å². The molecule has 0 saturated heterocycles. The van der Waals surface area contributed by atoms with Crippen molar-refractivity contribution in [2.45, 2.75) is 34.6 Å². The van der Waals surface area contributed by atoms with Gasteiger partial charge in [0.1, 0.15) is 0 Å². The smallest absolute Gasteiger partial charge is 0 e. The molecule has 1 radical (unpaired) electrons. The summed E-state index contributed by atoms with van der Waals surface area (Å²) in [6.07, 6.45) is 0. The van der Waals surface area contributed by atoms with Gasteiger partial charge in [0.05, 0.1) is 0 Å². The second kappa shape index (κ2) is 16.9. The molecule has 0 N–H and O–H groups in total. The molecule has 1 aliphatic carbocycles. The van der Waals surface area contributed by atoms with Gasteiger partial charge in [0, 0.05) is 21.1 Å². The summed E-state index contributed by atoms with van der Waals surface area (Å²) in [4.78, 5) is 0. The van der Waals surface area contributed by atoms with E-state index in [0.29, 0.717) is 0 Å². The second-order valence-corrected chi connectivity index (χ2v) is 10.3. The average molecular weight is 598 g/mol. The SMILES string of the molecule is CC1C(C)C(C)C(C)C1C.Cl[Si](c1ccccc1)c1ccccc1.[C-]#[O+].[C-]#[O+].[W]. The van der Waals surface area contributed by atoms with Crippen LogP contribution in [0.15, 0.2) is 60.7 Å². The van der Waals surface area contributed by atoms with Crippen LogP contribution in [0.4, 0.5) is 0 Å². The Hall–Kier alpha value is -0.885. The van der Waals surface area contributed by atoms with Crippen LogP contribution in [0.1, 0.15) is 34.6 Å². The maximum Gasteiger partial charge on any atom is 0 e. The summed E-state index contributed by atoms with van der Waals surface area (Å²) in [5, 5.41) is 2.48. The normalized spacial score (nSPS) is 24.3. The maximum absolute atomic E-state index is 7.50. The van der Waals surface area contributed by atoms with Crippen molar-refractivity contribution in [2.75, 3.05) is 0 Å². The Balaban J connectivity index is 0. The maximum atomic E-state index is 7.50. The first-order valence-electron chi connectivity index (χ1n) is 9.47. The summed E-state index contributed by atoms with van der Waals surface area (Å²) in [6, 6.07) is 20.5. The predicted octanol–water partition coefficient (Wildman–Crippen LogP) is 5.13. The van der Waals surface area contributed by atoms with Crippen molar-refractivity contribution in [3.8, 4) is 0 Å². The first-order valence-corrected chi connectivity index (χ1v) is 12.0. The zero-order valence-corrected chi connectivity index (χ0v) is 22.5. The molecule has 1 saturated carbocycles. The fourth-order valence-electron chi connectivity index (χ4n) is 3.73. The molecule has 0 unspecified atom stereocenters.